The van der Waals surface area contributed by atoms with Crippen molar-refractivity contribution in [1.29, 1.82) is 0 Å². The van der Waals surface area contributed by atoms with Crippen molar-refractivity contribution in [3.63, 3.8) is 0 Å². The molecule has 2 N–H and O–H groups in total. The van der Waals surface area contributed by atoms with Gasteiger partial charge in [0, 0.05) is 18.4 Å². The van der Waals surface area contributed by atoms with Crippen LogP contribution in [0.15, 0.2) is 24.3 Å². The molecular formula is C18H27NO2. The first-order valence-electron chi connectivity index (χ1n) is 8.05. The highest BCUT2D eigenvalue weighted by Gasteiger charge is 2.48. The van der Waals surface area contributed by atoms with Crippen LogP contribution in [0.3, 0.4) is 0 Å². The molecule has 1 aliphatic carbocycles. The molecule has 0 radical (unpaired) electrons. The maximum Gasteiger partial charge on any atom is 0.175 e. The third kappa shape index (κ3) is 2.87. The van der Waals surface area contributed by atoms with Crippen LogP contribution in [0.1, 0.15) is 57.1 Å². The van der Waals surface area contributed by atoms with Crippen molar-refractivity contribution in [1.82, 2.24) is 0 Å². The Bertz CT molecular complexity index is 500. The molecule has 1 spiro atoms. The fourth-order valence-electron chi connectivity index (χ4n) is 3.59. The molecule has 1 heterocycles. The van der Waals surface area contributed by atoms with Gasteiger partial charge in [-0.15, -0.1) is 0 Å². The largest absolute Gasteiger partial charge is 0.347 e. The molecule has 21 heavy (non-hydrogen) atoms. The van der Waals surface area contributed by atoms with Crippen molar-refractivity contribution < 1.29 is 9.47 Å². The van der Waals surface area contributed by atoms with Crippen molar-refractivity contribution in [2.75, 3.05) is 13.2 Å². The van der Waals surface area contributed by atoms with Gasteiger partial charge in [0.1, 0.15) is 0 Å². The second-order valence-corrected chi connectivity index (χ2v) is 7.47. The summed E-state index contributed by atoms with van der Waals surface area (Å²) in [5.41, 5.74) is 9.04. The molecule has 2 unspecified atom stereocenters. The summed E-state index contributed by atoms with van der Waals surface area (Å²) in [6, 6.07) is 9.11. The standard InChI is InChI=1S/C18H27NO2/c1-17(2,3)14-6-4-5-13(11-14)16-12-15(19)7-8-18(16)20-9-10-21-18/h4-6,11,15-16H,7-10,12,19H2,1-3H3. The summed E-state index contributed by atoms with van der Waals surface area (Å²) in [5, 5.41) is 0. The van der Waals surface area contributed by atoms with Crippen LogP contribution in [0.5, 0.6) is 0 Å². The first-order valence-corrected chi connectivity index (χ1v) is 8.05. The second-order valence-electron chi connectivity index (χ2n) is 7.47. The van der Waals surface area contributed by atoms with E-state index >= 15 is 0 Å². The number of rotatable bonds is 1. The first kappa shape index (κ1) is 15.0. The van der Waals surface area contributed by atoms with E-state index in [0.717, 1.165) is 19.3 Å². The summed E-state index contributed by atoms with van der Waals surface area (Å²) in [5.74, 6) is -0.196. The molecule has 1 saturated heterocycles. The molecule has 2 atom stereocenters. The van der Waals surface area contributed by atoms with Crippen LogP contribution in [0.2, 0.25) is 0 Å². The first-order chi connectivity index (χ1) is 9.91. The summed E-state index contributed by atoms with van der Waals surface area (Å²) < 4.78 is 12.1. The minimum absolute atomic E-state index is 0.150. The van der Waals surface area contributed by atoms with Gasteiger partial charge in [0.25, 0.3) is 0 Å². The van der Waals surface area contributed by atoms with Gasteiger partial charge in [0.05, 0.1) is 13.2 Å². The molecule has 1 aromatic rings. The molecule has 3 nitrogen and oxygen atoms in total. The van der Waals surface area contributed by atoms with E-state index in [9.17, 15) is 0 Å². The third-order valence-electron chi connectivity index (χ3n) is 4.86. The minimum Gasteiger partial charge on any atom is -0.347 e. The molecule has 1 aliphatic heterocycles. The Labute approximate surface area is 127 Å². The number of ether oxygens (including phenoxy) is 2. The highest BCUT2D eigenvalue weighted by molar-refractivity contribution is 5.32. The van der Waals surface area contributed by atoms with Crippen molar-refractivity contribution >= 4 is 0 Å². The van der Waals surface area contributed by atoms with Gasteiger partial charge in [0.15, 0.2) is 5.79 Å². The zero-order valence-electron chi connectivity index (χ0n) is 13.4. The van der Waals surface area contributed by atoms with Gasteiger partial charge in [0.2, 0.25) is 0 Å². The molecule has 3 rings (SSSR count). The van der Waals surface area contributed by atoms with Gasteiger partial charge in [-0.1, -0.05) is 45.0 Å². The van der Waals surface area contributed by atoms with E-state index in [1.807, 2.05) is 0 Å². The fourth-order valence-corrected chi connectivity index (χ4v) is 3.59. The third-order valence-corrected chi connectivity index (χ3v) is 4.86. The van der Waals surface area contributed by atoms with E-state index in [1.165, 1.54) is 11.1 Å². The van der Waals surface area contributed by atoms with Crippen LogP contribution >= 0.6 is 0 Å². The lowest BCUT2D eigenvalue weighted by atomic mass is 9.75. The van der Waals surface area contributed by atoms with Crippen LogP contribution in [-0.4, -0.2) is 25.0 Å². The van der Waals surface area contributed by atoms with E-state index in [4.69, 9.17) is 15.2 Å². The summed E-state index contributed by atoms with van der Waals surface area (Å²) in [6.07, 6.45) is 2.82. The summed E-state index contributed by atoms with van der Waals surface area (Å²) in [7, 11) is 0. The van der Waals surface area contributed by atoms with Crippen LogP contribution < -0.4 is 5.73 Å². The number of benzene rings is 1. The van der Waals surface area contributed by atoms with Crippen molar-refractivity contribution in [2.24, 2.45) is 5.73 Å². The van der Waals surface area contributed by atoms with Gasteiger partial charge in [-0.3, -0.25) is 0 Å². The van der Waals surface area contributed by atoms with Crippen LogP contribution in [-0.2, 0) is 14.9 Å². The number of nitrogens with two attached hydrogens (primary N) is 1. The Morgan fingerprint density at radius 3 is 2.57 bits per heavy atom. The minimum atomic E-state index is -0.438. The Kier molecular flexibility index (Phi) is 3.85. The average Bonchev–Trinajstić information content (AvgIpc) is 2.90. The predicted octanol–water partition coefficient (Wildman–Crippen LogP) is 3.32. The smallest absolute Gasteiger partial charge is 0.175 e. The second kappa shape index (κ2) is 5.38. The fraction of sp³-hybridized carbons (Fsp3) is 0.667. The molecule has 0 aromatic heterocycles. The molecule has 0 amide bonds. The maximum absolute atomic E-state index is 6.23. The summed E-state index contributed by atoms with van der Waals surface area (Å²) in [6.45, 7) is 8.14. The highest BCUT2D eigenvalue weighted by Crippen LogP contribution is 2.46. The van der Waals surface area contributed by atoms with E-state index in [-0.39, 0.29) is 17.4 Å². The van der Waals surface area contributed by atoms with Gasteiger partial charge < -0.3 is 15.2 Å². The Morgan fingerprint density at radius 2 is 1.90 bits per heavy atom. The van der Waals surface area contributed by atoms with E-state index < -0.39 is 5.79 Å². The maximum atomic E-state index is 6.23. The lowest BCUT2D eigenvalue weighted by Crippen LogP contribution is -2.46. The molecule has 1 saturated carbocycles. The average molecular weight is 289 g/mol. The molecular weight excluding hydrogens is 262 g/mol. The van der Waals surface area contributed by atoms with Gasteiger partial charge in [-0.05, 0) is 29.4 Å². The predicted molar refractivity (Wildman–Crippen MR) is 84.3 cm³/mol. The van der Waals surface area contributed by atoms with Crippen molar-refractivity contribution in [3.05, 3.63) is 35.4 Å². The van der Waals surface area contributed by atoms with Gasteiger partial charge >= 0.3 is 0 Å². The lowest BCUT2D eigenvalue weighted by Gasteiger charge is -2.42. The highest BCUT2D eigenvalue weighted by atomic mass is 16.7. The number of hydrogen-bond acceptors (Lipinski definition) is 3. The quantitative estimate of drug-likeness (QED) is 0.862. The van der Waals surface area contributed by atoms with Gasteiger partial charge in [-0.2, -0.15) is 0 Å². The van der Waals surface area contributed by atoms with Crippen LogP contribution in [0.4, 0.5) is 0 Å². The zero-order valence-corrected chi connectivity index (χ0v) is 13.4. The topological polar surface area (TPSA) is 44.5 Å². The van der Waals surface area contributed by atoms with Crippen LogP contribution in [0.25, 0.3) is 0 Å². The van der Waals surface area contributed by atoms with Crippen molar-refractivity contribution in [3.8, 4) is 0 Å². The Balaban J connectivity index is 1.96. The van der Waals surface area contributed by atoms with E-state index in [2.05, 4.69) is 45.0 Å². The molecule has 116 valence electrons. The molecule has 2 fully saturated rings. The Morgan fingerprint density at radius 1 is 1.19 bits per heavy atom. The van der Waals surface area contributed by atoms with E-state index in [0.29, 0.717) is 13.2 Å². The summed E-state index contributed by atoms with van der Waals surface area (Å²) >= 11 is 0. The zero-order chi connectivity index (χ0) is 15.1. The van der Waals surface area contributed by atoms with E-state index in [1.54, 1.807) is 0 Å². The SMILES string of the molecule is CC(C)(C)c1cccc(C2CC(N)CCC23OCCO3)c1. The molecule has 1 aromatic carbocycles. The summed E-state index contributed by atoms with van der Waals surface area (Å²) in [4.78, 5) is 0. The lowest BCUT2D eigenvalue weighted by molar-refractivity contribution is -0.192. The molecule has 2 aliphatic rings. The van der Waals surface area contributed by atoms with Crippen LogP contribution in [0, 0.1) is 0 Å². The Hall–Kier alpha value is -0.900. The monoisotopic (exact) mass is 289 g/mol. The van der Waals surface area contributed by atoms with Gasteiger partial charge in [-0.25, -0.2) is 0 Å². The normalized spacial score (nSPS) is 29.0. The number of hydrogen-bond donors (Lipinski definition) is 1. The van der Waals surface area contributed by atoms with Crippen molar-refractivity contribution in [2.45, 2.75) is 63.2 Å². The molecule has 3 heteroatoms. The molecule has 0 bridgehead atoms.